The highest BCUT2D eigenvalue weighted by Gasteiger charge is 2.55. The van der Waals surface area contributed by atoms with E-state index in [0.29, 0.717) is 19.4 Å². The molecule has 3 aromatic carbocycles. The van der Waals surface area contributed by atoms with E-state index in [4.69, 9.17) is 9.16 Å². The molecule has 0 bridgehead atoms. The fourth-order valence-corrected chi connectivity index (χ4v) is 11.6. The minimum Gasteiger partial charge on any atom is -0.449 e. The Kier molecular flexibility index (Phi) is 8.02. The monoisotopic (exact) mass is 555 g/mol. The molecule has 0 N–H and O–H groups in total. The zero-order valence-electron chi connectivity index (χ0n) is 24.1. The zero-order valence-corrected chi connectivity index (χ0v) is 25.1. The Balaban J connectivity index is 1.48. The fourth-order valence-electron chi connectivity index (χ4n) is 6.96. The lowest BCUT2D eigenvalue weighted by atomic mass is 9.83. The van der Waals surface area contributed by atoms with Crippen molar-refractivity contribution in [1.82, 2.24) is 4.90 Å². The largest absolute Gasteiger partial charge is 0.449 e. The molecule has 2 fully saturated rings. The molecule has 6 heteroatoms. The minimum atomic E-state index is -2.74. The Morgan fingerprint density at radius 1 is 0.875 bits per heavy atom. The standard InChI is InChI=1S/C34H41NO4Si/c1-26(36)39-34(24-27-14-8-5-9-15-27)23-22-28-20-21-29(35(28)32(34)37)25-38-40(33(2,3)4,30-16-10-6-11-17-30)31-18-12-7-13-19-31/h5-19,28-29H,20-25H2,1-4H3/t28-,29-,34+/m0/s1. The van der Waals surface area contributed by atoms with Crippen molar-refractivity contribution in [3.8, 4) is 0 Å². The number of amides is 1. The molecule has 1 amide bonds. The van der Waals surface area contributed by atoms with Crippen LogP contribution in [-0.2, 0) is 25.2 Å². The van der Waals surface area contributed by atoms with Crippen LogP contribution in [0.1, 0.15) is 58.9 Å². The summed E-state index contributed by atoms with van der Waals surface area (Å²) >= 11 is 0. The zero-order chi connectivity index (χ0) is 28.4. The van der Waals surface area contributed by atoms with Crippen molar-refractivity contribution in [1.29, 1.82) is 0 Å². The first-order valence-corrected chi connectivity index (χ1v) is 16.4. The molecule has 3 atom stereocenters. The van der Waals surface area contributed by atoms with E-state index in [0.717, 1.165) is 24.8 Å². The number of nitrogens with zero attached hydrogens (tertiary/aromatic N) is 1. The molecular weight excluding hydrogens is 514 g/mol. The average molecular weight is 556 g/mol. The Bertz CT molecular complexity index is 1270. The van der Waals surface area contributed by atoms with E-state index in [1.165, 1.54) is 17.3 Å². The highest BCUT2D eigenvalue weighted by molar-refractivity contribution is 6.99. The first kappa shape index (κ1) is 28.3. The van der Waals surface area contributed by atoms with Crippen LogP contribution in [-0.4, -0.2) is 49.4 Å². The van der Waals surface area contributed by atoms with Gasteiger partial charge in [0.25, 0.3) is 14.2 Å². The normalized spacial score (nSPS) is 23.1. The van der Waals surface area contributed by atoms with Gasteiger partial charge in [-0.3, -0.25) is 9.59 Å². The molecule has 5 nitrogen and oxygen atoms in total. The van der Waals surface area contributed by atoms with E-state index < -0.39 is 19.9 Å². The maximum Gasteiger partial charge on any atom is 0.303 e. The lowest BCUT2D eigenvalue weighted by Gasteiger charge is -2.47. The number of hydrogen-bond acceptors (Lipinski definition) is 4. The molecule has 0 spiro atoms. The van der Waals surface area contributed by atoms with E-state index >= 15 is 0 Å². The van der Waals surface area contributed by atoms with E-state index in [1.54, 1.807) is 0 Å². The Labute approximate surface area is 239 Å². The molecule has 0 aromatic heterocycles. The van der Waals surface area contributed by atoms with E-state index in [2.05, 4.69) is 69.3 Å². The van der Waals surface area contributed by atoms with Crippen LogP contribution >= 0.6 is 0 Å². The second-order valence-electron chi connectivity index (χ2n) is 12.4. The molecule has 2 heterocycles. The maximum atomic E-state index is 14.3. The lowest BCUT2D eigenvalue weighted by Crippen LogP contribution is -2.68. The van der Waals surface area contributed by atoms with Crippen LogP contribution in [0.3, 0.4) is 0 Å². The van der Waals surface area contributed by atoms with Crippen LogP contribution < -0.4 is 10.4 Å². The Morgan fingerprint density at radius 2 is 1.43 bits per heavy atom. The fraction of sp³-hybridized carbons (Fsp3) is 0.412. The van der Waals surface area contributed by atoms with Crippen molar-refractivity contribution in [3.63, 3.8) is 0 Å². The van der Waals surface area contributed by atoms with Gasteiger partial charge in [-0.05, 0) is 46.7 Å². The molecule has 5 rings (SSSR count). The third-order valence-corrected chi connectivity index (χ3v) is 13.7. The molecule has 210 valence electrons. The summed E-state index contributed by atoms with van der Waals surface area (Å²) in [6.45, 7) is 8.67. The quantitative estimate of drug-likeness (QED) is 0.281. The van der Waals surface area contributed by atoms with Crippen LogP contribution in [0.4, 0.5) is 0 Å². The van der Waals surface area contributed by atoms with E-state index in [1.807, 2.05) is 47.4 Å². The van der Waals surface area contributed by atoms with Crippen molar-refractivity contribution in [2.45, 2.75) is 82.5 Å². The SMILES string of the molecule is CC(=O)O[C@@]1(Cc2ccccc2)CC[C@@H]2CC[C@@H](CO[Si](c3ccccc3)(c3ccccc3)C(C)(C)C)N2C1=O. The van der Waals surface area contributed by atoms with Crippen molar-refractivity contribution < 1.29 is 18.8 Å². The molecule has 2 saturated heterocycles. The van der Waals surface area contributed by atoms with Gasteiger partial charge in [0, 0.05) is 19.4 Å². The predicted molar refractivity (Wildman–Crippen MR) is 161 cm³/mol. The van der Waals surface area contributed by atoms with Gasteiger partial charge in [0.05, 0.1) is 12.6 Å². The lowest BCUT2D eigenvalue weighted by molar-refractivity contribution is -0.181. The number of esters is 1. The van der Waals surface area contributed by atoms with Gasteiger partial charge in [0.2, 0.25) is 0 Å². The highest BCUT2D eigenvalue weighted by atomic mass is 28.4. The van der Waals surface area contributed by atoms with E-state index in [9.17, 15) is 9.59 Å². The summed E-state index contributed by atoms with van der Waals surface area (Å²) < 4.78 is 13.2. The summed E-state index contributed by atoms with van der Waals surface area (Å²) in [6, 6.07) is 31.2. The van der Waals surface area contributed by atoms with Crippen molar-refractivity contribution in [2.24, 2.45) is 0 Å². The first-order chi connectivity index (χ1) is 19.2. The number of ether oxygens (including phenoxy) is 1. The summed E-state index contributed by atoms with van der Waals surface area (Å²) in [5.41, 5.74) is -0.182. The summed E-state index contributed by atoms with van der Waals surface area (Å²) in [4.78, 5) is 28.7. The predicted octanol–water partition coefficient (Wildman–Crippen LogP) is 5.26. The van der Waals surface area contributed by atoms with Crippen LogP contribution in [0.25, 0.3) is 0 Å². The summed E-state index contributed by atoms with van der Waals surface area (Å²) in [5.74, 6) is -0.488. The number of piperidine rings is 1. The van der Waals surface area contributed by atoms with Crippen molar-refractivity contribution in [3.05, 3.63) is 96.6 Å². The molecule has 0 saturated carbocycles. The molecule has 2 aliphatic rings. The summed E-state index contributed by atoms with van der Waals surface area (Å²) in [7, 11) is -2.74. The minimum absolute atomic E-state index is 0.0647. The molecule has 3 aromatic rings. The molecule has 0 aliphatic carbocycles. The van der Waals surface area contributed by atoms with Gasteiger partial charge < -0.3 is 14.1 Å². The topological polar surface area (TPSA) is 55.8 Å². The maximum absolute atomic E-state index is 14.3. The molecule has 0 unspecified atom stereocenters. The van der Waals surface area contributed by atoms with Crippen LogP contribution in [0.2, 0.25) is 5.04 Å². The van der Waals surface area contributed by atoms with Gasteiger partial charge in [0.15, 0.2) is 5.60 Å². The number of rotatable bonds is 8. The summed E-state index contributed by atoms with van der Waals surface area (Å²) in [6.07, 6.45) is 3.58. The number of hydrogen-bond donors (Lipinski definition) is 0. The third-order valence-electron chi connectivity index (χ3n) is 8.71. The van der Waals surface area contributed by atoms with Gasteiger partial charge >= 0.3 is 5.97 Å². The Hall–Kier alpha value is -3.22. The van der Waals surface area contributed by atoms with Gasteiger partial charge in [-0.2, -0.15) is 0 Å². The smallest absolute Gasteiger partial charge is 0.303 e. The van der Waals surface area contributed by atoms with Gasteiger partial charge in [0.1, 0.15) is 0 Å². The molecule has 2 aliphatic heterocycles. The number of carbonyl (C=O) groups excluding carboxylic acids is 2. The summed E-state index contributed by atoms with van der Waals surface area (Å²) in [5, 5.41) is 2.31. The average Bonchev–Trinajstić information content (AvgIpc) is 3.35. The molecular formula is C34H41NO4Si. The first-order valence-electron chi connectivity index (χ1n) is 14.5. The number of benzene rings is 3. The third kappa shape index (κ3) is 5.27. The molecule has 40 heavy (non-hydrogen) atoms. The van der Waals surface area contributed by atoms with Crippen LogP contribution in [0.15, 0.2) is 91.0 Å². The van der Waals surface area contributed by atoms with Crippen LogP contribution in [0.5, 0.6) is 0 Å². The van der Waals surface area contributed by atoms with E-state index in [-0.39, 0.29) is 23.0 Å². The second-order valence-corrected chi connectivity index (χ2v) is 16.7. The number of carbonyl (C=O) groups is 2. The molecule has 0 radical (unpaired) electrons. The van der Waals surface area contributed by atoms with Gasteiger partial charge in [-0.25, -0.2) is 0 Å². The Morgan fingerprint density at radius 3 is 1.95 bits per heavy atom. The highest BCUT2D eigenvalue weighted by Crippen LogP contribution is 2.42. The van der Waals surface area contributed by atoms with Gasteiger partial charge in [-0.15, -0.1) is 0 Å². The number of fused-ring (bicyclic) bond motifs is 1. The van der Waals surface area contributed by atoms with Crippen molar-refractivity contribution >= 4 is 30.6 Å². The van der Waals surface area contributed by atoms with Gasteiger partial charge in [-0.1, -0.05) is 112 Å². The second kappa shape index (κ2) is 11.3. The van der Waals surface area contributed by atoms with Crippen molar-refractivity contribution in [2.75, 3.05) is 6.61 Å². The van der Waals surface area contributed by atoms with Crippen LogP contribution in [0, 0.1) is 0 Å².